The fraction of sp³-hybridized carbons (Fsp3) is 0.882. The van der Waals surface area contributed by atoms with Crippen LogP contribution in [0, 0.1) is 28.6 Å². The van der Waals surface area contributed by atoms with Crippen molar-refractivity contribution < 1.29 is 9.16 Å². The van der Waals surface area contributed by atoms with Crippen molar-refractivity contribution >= 4 is 25.0 Å². The molecule has 4 heteroatoms. The van der Waals surface area contributed by atoms with Gasteiger partial charge in [0.1, 0.15) is 0 Å². The zero-order chi connectivity index (χ0) is 15.2. The summed E-state index contributed by atoms with van der Waals surface area (Å²) in [7, 11) is -0.723. The summed E-state index contributed by atoms with van der Waals surface area (Å²) in [6, 6.07) is 0. The normalized spacial score (nSPS) is 51.4. The largest absolute Gasteiger partial charge is 0.413 e. The van der Waals surface area contributed by atoms with Crippen molar-refractivity contribution in [3.63, 3.8) is 0 Å². The van der Waals surface area contributed by atoms with E-state index in [0.717, 1.165) is 5.92 Å². The second-order valence-electron chi connectivity index (χ2n) is 8.67. The molecule has 0 amide bonds. The summed E-state index contributed by atoms with van der Waals surface area (Å²) >= 11 is 3.98. The van der Waals surface area contributed by atoms with Crippen LogP contribution in [0.1, 0.15) is 27.2 Å². The number of ether oxygens (including phenoxy) is 1. The Labute approximate surface area is 138 Å². The van der Waals surface area contributed by atoms with Gasteiger partial charge in [0.05, 0.1) is 18.3 Å². The SMILES string of the molecule is C[Si](C)OC(C(C)(C)C)C12C=CC3OC4C(Br)C1CC4C32. The van der Waals surface area contributed by atoms with Gasteiger partial charge in [0, 0.05) is 16.2 Å². The summed E-state index contributed by atoms with van der Waals surface area (Å²) in [5.41, 5.74) is 0.354. The Bertz CT molecular complexity index is 486. The van der Waals surface area contributed by atoms with Gasteiger partial charge in [0.15, 0.2) is 0 Å². The van der Waals surface area contributed by atoms with Gasteiger partial charge in [-0.2, -0.15) is 0 Å². The fourth-order valence-corrected chi connectivity index (χ4v) is 8.04. The van der Waals surface area contributed by atoms with Crippen LogP contribution in [0.2, 0.25) is 13.1 Å². The molecular formula is C17H26BrO2Si. The molecule has 4 rings (SSSR count). The van der Waals surface area contributed by atoms with Gasteiger partial charge in [0.25, 0.3) is 0 Å². The van der Waals surface area contributed by atoms with Crippen LogP contribution in [-0.4, -0.2) is 32.2 Å². The predicted molar refractivity (Wildman–Crippen MR) is 89.8 cm³/mol. The average molecular weight is 370 g/mol. The minimum atomic E-state index is -0.723. The summed E-state index contributed by atoms with van der Waals surface area (Å²) in [6.45, 7) is 11.6. The molecule has 1 saturated heterocycles. The summed E-state index contributed by atoms with van der Waals surface area (Å²) < 4.78 is 13.0. The number of alkyl halides is 1. The minimum absolute atomic E-state index is 0.163. The first-order valence-corrected chi connectivity index (χ1v) is 11.5. The highest BCUT2D eigenvalue weighted by molar-refractivity contribution is 9.09. The number of halogens is 1. The molecule has 2 bridgehead atoms. The highest BCUT2D eigenvalue weighted by Crippen LogP contribution is 2.72. The van der Waals surface area contributed by atoms with E-state index in [1.807, 2.05) is 0 Å². The van der Waals surface area contributed by atoms with E-state index in [2.05, 4.69) is 61.9 Å². The van der Waals surface area contributed by atoms with Gasteiger partial charge in [-0.3, -0.25) is 0 Å². The Kier molecular flexibility index (Phi) is 3.17. The first kappa shape index (κ1) is 14.9. The van der Waals surface area contributed by atoms with Crippen LogP contribution in [0.5, 0.6) is 0 Å². The average Bonchev–Trinajstić information content (AvgIpc) is 3.01. The second-order valence-corrected chi connectivity index (χ2v) is 11.8. The van der Waals surface area contributed by atoms with Crippen LogP contribution in [0.25, 0.3) is 0 Å². The molecule has 2 nitrogen and oxygen atoms in total. The van der Waals surface area contributed by atoms with Gasteiger partial charge < -0.3 is 9.16 Å². The molecule has 0 N–H and O–H groups in total. The Morgan fingerprint density at radius 2 is 2.10 bits per heavy atom. The lowest BCUT2D eigenvalue weighted by atomic mass is 9.59. The maximum absolute atomic E-state index is 6.65. The van der Waals surface area contributed by atoms with E-state index in [1.54, 1.807) is 0 Å². The van der Waals surface area contributed by atoms with Crippen molar-refractivity contribution in [3.8, 4) is 0 Å². The van der Waals surface area contributed by atoms with Gasteiger partial charge >= 0.3 is 0 Å². The first-order chi connectivity index (χ1) is 9.76. The maximum Gasteiger partial charge on any atom is 0.205 e. The van der Waals surface area contributed by atoms with E-state index in [9.17, 15) is 0 Å². The quantitative estimate of drug-likeness (QED) is 0.424. The highest BCUT2D eigenvalue weighted by atomic mass is 79.9. The van der Waals surface area contributed by atoms with Crippen molar-refractivity contribution in [2.45, 2.75) is 63.4 Å². The van der Waals surface area contributed by atoms with Crippen molar-refractivity contribution in [2.75, 3.05) is 0 Å². The standard InChI is InChI=1S/C17H26BrO2Si/c1-16(2,3)15(20-21(4)5)17-7-6-11-12(17)9-8-10(17)13(18)14(9)19-11/h6-7,9-15H,8H2,1-5H3. The number of hydrogen-bond donors (Lipinski definition) is 0. The van der Waals surface area contributed by atoms with Crippen molar-refractivity contribution in [1.29, 1.82) is 0 Å². The number of fused-ring (bicyclic) bond motifs is 2. The number of hydrogen-bond acceptors (Lipinski definition) is 2. The third-order valence-electron chi connectivity index (χ3n) is 6.16. The molecule has 1 aliphatic heterocycles. The number of rotatable bonds is 3. The third-order valence-corrected chi connectivity index (χ3v) is 8.03. The van der Waals surface area contributed by atoms with E-state index >= 15 is 0 Å². The van der Waals surface area contributed by atoms with E-state index < -0.39 is 9.04 Å². The van der Waals surface area contributed by atoms with Gasteiger partial charge in [-0.05, 0) is 36.8 Å². The van der Waals surface area contributed by atoms with Crippen molar-refractivity contribution in [3.05, 3.63) is 12.2 Å². The Balaban J connectivity index is 1.80. The van der Waals surface area contributed by atoms with Crippen LogP contribution in [0.4, 0.5) is 0 Å². The Morgan fingerprint density at radius 1 is 1.38 bits per heavy atom. The molecule has 8 atom stereocenters. The molecule has 2 saturated carbocycles. The fourth-order valence-electron chi connectivity index (χ4n) is 5.82. The van der Waals surface area contributed by atoms with Crippen molar-refractivity contribution in [1.82, 2.24) is 0 Å². The highest BCUT2D eigenvalue weighted by Gasteiger charge is 2.75. The van der Waals surface area contributed by atoms with E-state index in [-0.39, 0.29) is 10.8 Å². The first-order valence-electron chi connectivity index (χ1n) is 8.22. The van der Waals surface area contributed by atoms with Gasteiger partial charge in [-0.1, -0.05) is 48.9 Å². The molecule has 117 valence electrons. The van der Waals surface area contributed by atoms with Gasteiger partial charge in [-0.25, -0.2) is 0 Å². The molecule has 4 aliphatic rings. The molecule has 21 heavy (non-hydrogen) atoms. The summed E-state index contributed by atoms with van der Waals surface area (Å²) in [5.74, 6) is 2.07. The lowest BCUT2D eigenvalue weighted by Crippen LogP contribution is -2.55. The third kappa shape index (κ3) is 1.76. The molecule has 0 aromatic carbocycles. The smallest absolute Gasteiger partial charge is 0.205 e. The topological polar surface area (TPSA) is 18.5 Å². The minimum Gasteiger partial charge on any atom is -0.413 e. The molecule has 0 aromatic heterocycles. The molecule has 1 radical (unpaired) electrons. The lowest BCUT2D eigenvalue weighted by Gasteiger charge is -2.51. The van der Waals surface area contributed by atoms with Crippen LogP contribution < -0.4 is 0 Å². The molecule has 0 aromatic rings. The lowest BCUT2D eigenvalue weighted by molar-refractivity contribution is -0.0520. The Hall–Kier alpha value is 0.357. The Morgan fingerprint density at radius 3 is 2.71 bits per heavy atom. The monoisotopic (exact) mass is 369 g/mol. The van der Waals surface area contributed by atoms with Crippen LogP contribution in [0.15, 0.2) is 12.2 Å². The van der Waals surface area contributed by atoms with Gasteiger partial charge in [-0.15, -0.1) is 0 Å². The molecule has 3 fully saturated rings. The molecule has 3 aliphatic carbocycles. The van der Waals surface area contributed by atoms with E-state index in [0.29, 0.717) is 35.0 Å². The zero-order valence-electron chi connectivity index (χ0n) is 13.6. The van der Waals surface area contributed by atoms with E-state index in [4.69, 9.17) is 9.16 Å². The summed E-state index contributed by atoms with van der Waals surface area (Å²) in [4.78, 5) is 0.506. The van der Waals surface area contributed by atoms with Crippen LogP contribution in [-0.2, 0) is 9.16 Å². The molecule has 1 heterocycles. The van der Waals surface area contributed by atoms with Gasteiger partial charge in [0.2, 0.25) is 9.04 Å². The van der Waals surface area contributed by atoms with Crippen LogP contribution in [0.3, 0.4) is 0 Å². The molecular weight excluding hydrogens is 344 g/mol. The summed E-state index contributed by atoms with van der Waals surface area (Å²) in [6.07, 6.45) is 7.25. The van der Waals surface area contributed by atoms with E-state index in [1.165, 1.54) is 6.42 Å². The second kappa shape index (κ2) is 4.46. The summed E-state index contributed by atoms with van der Waals surface area (Å²) in [5, 5.41) is 0. The van der Waals surface area contributed by atoms with Crippen molar-refractivity contribution in [2.24, 2.45) is 28.6 Å². The maximum atomic E-state index is 6.65. The predicted octanol–water partition coefficient (Wildman–Crippen LogP) is 4.02. The molecule has 0 spiro atoms. The molecule has 8 unspecified atom stereocenters. The zero-order valence-corrected chi connectivity index (χ0v) is 16.2. The van der Waals surface area contributed by atoms with Crippen LogP contribution >= 0.6 is 15.9 Å².